The van der Waals surface area contributed by atoms with Crippen molar-refractivity contribution in [2.45, 2.75) is 6.42 Å². The van der Waals surface area contributed by atoms with E-state index in [4.69, 9.17) is 16.7 Å². The Kier molecular flexibility index (Phi) is 4.82. The third kappa shape index (κ3) is 3.65. The third-order valence-electron chi connectivity index (χ3n) is 2.45. The van der Waals surface area contributed by atoms with Gasteiger partial charge in [0.15, 0.2) is 5.92 Å². The van der Waals surface area contributed by atoms with Crippen LogP contribution in [0.1, 0.15) is 5.56 Å². The number of aliphatic carboxylic acids is 1. The molecule has 1 atom stereocenters. The van der Waals surface area contributed by atoms with Gasteiger partial charge in [-0.15, -0.1) is 0 Å². The van der Waals surface area contributed by atoms with Crippen LogP contribution in [0.15, 0.2) is 18.2 Å². The average Bonchev–Trinajstić information content (AvgIpc) is 2.35. The molecule has 0 aliphatic rings. The summed E-state index contributed by atoms with van der Waals surface area (Å²) in [6.45, 7) is 0. The Hall–Kier alpha value is -2.15. The van der Waals surface area contributed by atoms with E-state index in [1.54, 1.807) is 0 Å². The number of nitro benzene ring substituents is 1. The van der Waals surface area contributed by atoms with Gasteiger partial charge in [0.05, 0.1) is 12.0 Å². The predicted octanol–water partition coefficient (Wildman–Crippen LogP) is 1.66. The van der Waals surface area contributed by atoms with Gasteiger partial charge in [-0.2, -0.15) is 0 Å². The van der Waals surface area contributed by atoms with Gasteiger partial charge in [-0.25, -0.2) is 0 Å². The summed E-state index contributed by atoms with van der Waals surface area (Å²) in [5, 5.41) is 19.9. The van der Waals surface area contributed by atoms with Crippen LogP contribution in [0.2, 0.25) is 5.02 Å². The number of halogens is 1. The first kappa shape index (κ1) is 14.9. The van der Waals surface area contributed by atoms with Crippen LogP contribution in [0.5, 0.6) is 0 Å². The fourth-order valence-corrected chi connectivity index (χ4v) is 1.68. The molecule has 102 valence electrons. The van der Waals surface area contributed by atoms with E-state index in [1.165, 1.54) is 12.1 Å². The number of hydrogen-bond acceptors (Lipinski definition) is 5. The van der Waals surface area contributed by atoms with E-state index < -0.39 is 22.8 Å². The number of nitro groups is 1. The number of methoxy groups -OCH3 is 1. The first-order valence-corrected chi connectivity index (χ1v) is 5.48. The van der Waals surface area contributed by atoms with Gasteiger partial charge in [-0.3, -0.25) is 19.7 Å². The molecule has 1 rings (SSSR count). The lowest BCUT2D eigenvalue weighted by Gasteiger charge is -2.10. The van der Waals surface area contributed by atoms with E-state index in [1.807, 2.05) is 0 Å². The van der Waals surface area contributed by atoms with Crippen molar-refractivity contribution in [3.05, 3.63) is 38.9 Å². The van der Waals surface area contributed by atoms with Crippen molar-refractivity contribution in [2.24, 2.45) is 5.92 Å². The van der Waals surface area contributed by atoms with Crippen molar-refractivity contribution < 1.29 is 24.4 Å². The van der Waals surface area contributed by atoms with Crippen molar-refractivity contribution in [1.29, 1.82) is 0 Å². The largest absolute Gasteiger partial charge is 0.481 e. The molecule has 1 aromatic carbocycles. The van der Waals surface area contributed by atoms with Crippen LogP contribution in [-0.4, -0.2) is 29.1 Å². The van der Waals surface area contributed by atoms with Gasteiger partial charge < -0.3 is 9.84 Å². The standard InChI is InChI=1S/C11H10ClNO6/c1-19-11(16)8(10(14)15)4-6-2-3-7(12)5-9(6)13(17)18/h2-3,5,8H,4H2,1H3,(H,14,15). The number of carboxylic acid groups (broad SMARTS) is 1. The molecule has 0 spiro atoms. The summed E-state index contributed by atoms with van der Waals surface area (Å²) in [6, 6.07) is 3.81. The number of carbonyl (C=O) groups is 2. The zero-order valence-corrected chi connectivity index (χ0v) is 10.6. The fraction of sp³-hybridized carbons (Fsp3) is 0.273. The molecule has 0 aromatic heterocycles. The van der Waals surface area contributed by atoms with E-state index >= 15 is 0 Å². The normalized spacial score (nSPS) is 11.7. The molecule has 0 radical (unpaired) electrons. The molecule has 7 nitrogen and oxygen atoms in total. The number of esters is 1. The van der Waals surface area contributed by atoms with Gasteiger partial charge in [0.25, 0.3) is 5.69 Å². The lowest BCUT2D eigenvalue weighted by atomic mass is 9.98. The summed E-state index contributed by atoms with van der Waals surface area (Å²) in [7, 11) is 1.05. The summed E-state index contributed by atoms with van der Waals surface area (Å²) in [6.07, 6.45) is -0.338. The zero-order valence-electron chi connectivity index (χ0n) is 9.83. The molecule has 0 saturated carbocycles. The van der Waals surface area contributed by atoms with E-state index in [0.717, 1.165) is 13.2 Å². The molecule has 0 amide bonds. The summed E-state index contributed by atoms with van der Waals surface area (Å²) in [4.78, 5) is 32.4. The van der Waals surface area contributed by atoms with Crippen LogP contribution in [0.3, 0.4) is 0 Å². The van der Waals surface area contributed by atoms with Gasteiger partial charge in [0, 0.05) is 23.1 Å². The molecule has 1 N–H and O–H groups in total. The Bertz CT molecular complexity index is 530. The van der Waals surface area contributed by atoms with Crippen molar-refractivity contribution in [3.63, 3.8) is 0 Å². The topological polar surface area (TPSA) is 107 Å². The summed E-state index contributed by atoms with van der Waals surface area (Å²) >= 11 is 5.64. The van der Waals surface area contributed by atoms with Gasteiger partial charge >= 0.3 is 11.9 Å². The molecule has 0 saturated heterocycles. The Morgan fingerprint density at radius 3 is 2.63 bits per heavy atom. The highest BCUT2D eigenvalue weighted by atomic mass is 35.5. The Labute approximate surface area is 112 Å². The van der Waals surface area contributed by atoms with Gasteiger partial charge in [0.2, 0.25) is 0 Å². The molecule has 19 heavy (non-hydrogen) atoms. The molecule has 0 aliphatic heterocycles. The SMILES string of the molecule is COC(=O)C(Cc1ccc(Cl)cc1[N+](=O)[O-])C(=O)O. The highest BCUT2D eigenvalue weighted by Crippen LogP contribution is 2.26. The molecule has 1 unspecified atom stereocenters. The van der Waals surface area contributed by atoms with Crippen molar-refractivity contribution in [2.75, 3.05) is 7.11 Å². The minimum Gasteiger partial charge on any atom is -0.481 e. The molecule has 0 bridgehead atoms. The minimum atomic E-state index is -1.50. The number of benzene rings is 1. The lowest BCUT2D eigenvalue weighted by molar-refractivity contribution is -0.385. The number of rotatable bonds is 5. The van der Waals surface area contributed by atoms with E-state index in [-0.39, 0.29) is 22.7 Å². The Balaban J connectivity index is 3.13. The fourth-order valence-electron chi connectivity index (χ4n) is 1.51. The van der Waals surface area contributed by atoms with Gasteiger partial charge in [-0.1, -0.05) is 17.7 Å². The molecular weight excluding hydrogens is 278 g/mol. The Morgan fingerprint density at radius 2 is 2.16 bits per heavy atom. The Morgan fingerprint density at radius 1 is 1.53 bits per heavy atom. The highest BCUT2D eigenvalue weighted by molar-refractivity contribution is 6.30. The van der Waals surface area contributed by atoms with Crippen LogP contribution in [0, 0.1) is 16.0 Å². The van der Waals surface area contributed by atoms with Crippen LogP contribution in [-0.2, 0) is 20.7 Å². The molecule has 1 aromatic rings. The quantitative estimate of drug-likeness (QED) is 0.382. The summed E-state index contributed by atoms with van der Waals surface area (Å²) < 4.78 is 4.35. The maximum Gasteiger partial charge on any atom is 0.320 e. The van der Waals surface area contributed by atoms with Crippen LogP contribution < -0.4 is 0 Å². The van der Waals surface area contributed by atoms with E-state index in [9.17, 15) is 19.7 Å². The second-order valence-corrected chi connectivity index (χ2v) is 4.08. The molecule has 0 aliphatic carbocycles. The second kappa shape index (κ2) is 6.14. The van der Waals surface area contributed by atoms with Crippen molar-refractivity contribution >= 4 is 29.2 Å². The number of nitrogens with zero attached hydrogens (tertiary/aromatic N) is 1. The summed E-state index contributed by atoms with van der Waals surface area (Å²) in [5.74, 6) is -3.86. The monoisotopic (exact) mass is 287 g/mol. The van der Waals surface area contributed by atoms with Crippen molar-refractivity contribution in [1.82, 2.24) is 0 Å². The zero-order chi connectivity index (χ0) is 14.6. The van der Waals surface area contributed by atoms with Gasteiger partial charge in [0.1, 0.15) is 0 Å². The molecular formula is C11H10ClNO6. The maximum absolute atomic E-state index is 11.3. The third-order valence-corrected chi connectivity index (χ3v) is 2.69. The summed E-state index contributed by atoms with van der Waals surface area (Å²) in [5.41, 5.74) is -0.227. The van der Waals surface area contributed by atoms with Gasteiger partial charge in [-0.05, 0) is 6.07 Å². The highest BCUT2D eigenvalue weighted by Gasteiger charge is 2.30. The van der Waals surface area contributed by atoms with E-state index in [0.29, 0.717) is 0 Å². The van der Waals surface area contributed by atoms with Crippen molar-refractivity contribution in [3.8, 4) is 0 Å². The molecule has 0 fully saturated rings. The van der Waals surface area contributed by atoms with Crippen LogP contribution in [0.25, 0.3) is 0 Å². The number of hydrogen-bond donors (Lipinski definition) is 1. The second-order valence-electron chi connectivity index (χ2n) is 3.65. The average molecular weight is 288 g/mol. The molecule has 0 heterocycles. The minimum absolute atomic E-state index is 0.104. The lowest BCUT2D eigenvalue weighted by Crippen LogP contribution is -2.27. The molecule has 8 heteroatoms. The predicted molar refractivity (Wildman–Crippen MR) is 65.0 cm³/mol. The first-order valence-electron chi connectivity index (χ1n) is 5.10. The van der Waals surface area contributed by atoms with E-state index in [2.05, 4.69) is 4.74 Å². The van der Waals surface area contributed by atoms with Crippen LogP contribution >= 0.6 is 11.6 Å². The number of carbonyl (C=O) groups excluding carboxylic acids is 1. The number of carboxylic acids is 1. The number of ether oxygens (including phenoxy) is 1. The smallest absolute Gasteiger partial charge is 0.320 e. The first-order chi connectivity index (χ1) is 8.86. The maximum atomic E-state index is 11.3. The van der Waals surface area contributed by atoms with Crippen LogP contribution in [0.4, 0.5) is 5.69 Å².